The molecule has 0 spiro atoms. The number of hydrogen-bond donors (Lipinski definition) is 1. The van der Waals surface area contributed by atoms with Gasteiger partial charge in [-0.1, -0.05) is 54.7 Å². The number of anilines is 1. The summed E-state index contributed by atoms with van der Waals surface area (Å²) in [4.78, 5) is 4.54. The van der Waals surface area contributed by atoms with Crippen molar-refractivity contribution in [3.63, 3.8) is 0 Å². The summed E-state index contributed by atoms with van der Waals surface area (Å²) in [5.41, 5.74) is 4.50. The van der Waals surface area contributed by atoms with Crippen LogP contribution in [0.25, 0.3) is 21.9 Å². The molecule has 0 aliphatic rings. The predicted octanol–water partition coefficient (Wildman–Crippen LogP) is 6.42. The fraction of sp³-hybridized carbons (Fsp3) is 0.200. The molecule has 1 aromatic carbocycles. The molecule has 148 valence electrons. The van der Waals surface area contributed by atoms with Crippen molar-refractivity contribution in [1.82, 2.24) is 14.8 Å². The second kappa shape index (κ2) is 9.69. The molecule has 0 saturated heterocycles. The van der Waals surface area contributed by atoms with Gasteiger partial charge in [-0.05, 0) is 49.8 Å². The molecule has 4 heteroatoms. The van der Waals surface area contributed by atoms with E-state index in [-0.39, 0.29) is 0 Å². The summed E-state index contributed by atoms with van der Waals surface area (Å²) in [7, 11) is 1.93. The SMILES string of the molecule is C=C(CCC(/C=C\C=C/C)=C/C)Nc1cc2cc(-c3cnn(C)c3)ccc2cn1. The van der Waals surface area contributed by atoms with Crippen LogP contribution >= 0.6 is 0 Å². The number of fused-ring (bicyclic) bond motifs is 1. The van der Waals surface area contributed by atoms with Crippen LogP contribution in [0.5, 0.6) is 0 Å². The maximum Gasteiger partial charge on any atom is 0.130 e. The maximum absolute atomic E-state index is 4.54. The molecule has 4 nitrogen and oxygen atoms in total. The van der Waals surface area contributed by atoms with Crippen LogP contribution in [0, 0.1) is 0 Å². The van der Waals surface area contributed by atoms with Gasteiger partial charge in [-0.2, -0.15) is 5.10 Å². The topological polar surface area (TPSA) is 42.7 Å². The molecular weight excluding hydrogens is 356 g/mol. The smallest absolute Gasteiger partial charge is 0.130 e. The highest BCUT2D eigenvalue weighted by atomic mass is 15.2. The Morgan fingerprint density at radius 1 is 1.07 bits per heavy atom. The summed E-state index contributed by atoms with van der Waals surface area (Å²) in [6, 6.07) is 8.44. The first kappa shape index (κ1) is 20.3. The van der Waals surface area contributed by atoms with Gasteiger partial charge in [-0.25, -0.2) is 4.98 Å². The molecule has 0 aliphatic carbocycles. The highest BCUT2D eigenvalue weighted by molar-refractivity contribution is 5.88. The fourth-order valence-electron chi connectivity index (χ4n) is 3.11. The third kappa shape index (κ3) is 5.55. The van der Waals surface area contributed by atoms with Crippen LogP contribution in [0.1, 0.15) is 26.7 Å². The number of hydrogen-bond acceptors (Lipinski definition) is 3. The molecule has 0 amide bonds. The van der Waals surface area contributed by atoms with Gasteiger partial charge >= 0.3 is 0 Å². The monoisotopic (exact) mass is 384 g/mol. The van der Waals surface area contributed by atoms with Gasteiger partial charge < -0.3 is 5.32 Å². The van der Waals surface area contributed by atoms with Crippen molar-refractivity contribution in [2.24, 2.45) is 7.05 Å². The van der Waals surface area contributed by atoms with Crippen molar-refractivity contribution < 1.29 is 0 Å². The van der Waals surface area contributed by atoms with Gasteiger partial charge in [0, 0.05) is 36.1 Å². The average Bonchev–Trinajstić information content (AvgIpc) is 3.16. The summed E-state index contributed by atoms with van der Waals surface area (Å²) < 4.78 is 1.82. The highest BCUT2D eigenvalue weighted by Crippen LogP contribution is 2.25. The molecule has 0 unspecified atom stereocenters. The normalized spacial score (nSPS) is 12.3. The summed E-state index contributed by atoms with van der Waals surface area (Å²) >= 11 is 0. The second-order valence-electron chi connectivity index (χ2n) is 7.01. The zero-order chi connectivity index (χ0) is 20.6. The van der Waals surface area contributed by atoms with Crippen molar-refractivity contribution in [2.75, 3.05) is 5.32 Å². The minimum Gasteiger partial charge on any atom is -0.344 e. The van der Waals surface area contributed by atoms with Crippen LogP contribution in [0.2, 0.25) is 0 Å². The van der Waals surface area contributed by atoms with E-state index in [1.54, 1.807) is 0 Å². The third-order valence-corrected chi connectivity index (χ3v) is 4.76. The van der Waals surface area contributed by atoms with Crippen LogP contribution in [-0.4, -0.2) is 14.8 Å². The van der Waals surface area contributed by atoms with E-state index in [9.17, 15) is 0 Å². The third-order valence-electron chi connectivity index (χ3n) is 4.76. The molecule has 3 rings (SSSR count). The first-order valence-electron chi connectivity index (χ1n) is 9.87. The molecule has 2 aromatic heterocycles. The van der Waals surface area contributed by atoms with Gasteiger partial charge in [-0.15, -0.1) is 0 Å². The number of pyridine rings is 1. The van der Waals surface area contributed by atoms with E-state index in [1.165, 1.54) is 5.57 Å². The van der Waals surface area contributed by atoms with Gasteiger partial charge in [0.2, 0.25) is 0 Å². The largest absolute Gasteiger partial charge is 0.344 e. The fourth-order valence-corrected chi connectivity index (χ4v) is 3.11. The van der Waals surface area contributed by atoms with E-state index in [4.69, 9.17) is 0 Å². The number of rotatable bonds is 8. The lowest BCUT2D eigenvalue weighted by Crippen LogP contribution is -2.00. The Morgan fingerprint density at radius 3 is 2.66 bits per heavy atom. The molecule has 3 aromatic rings. The van der Waals surface area contributed by atoms with E-state index in [2.05, 4.69) is 71.4 Å². The minimum absolute atomic E-state index is 0.817. The lowest BCUT2D eigenvalue weighted by Gasteiger charge is -2.10. The zero-order valence-corrected chi connectivity index (χ0v) is 17.4. The Bertz CT molecular complexity index is 1080. The average molecular weight is 385 g/mol. The molecule has 0 atom stereocenters. The minimum atomic E-state index is 0.817. The van der Waals surface area contributed by atoms with Crippen molar-refractivity contribution in [3.8, 4) is 11.1 Å². The quantitative estimate of drug-likeness (QED) is 0.456. The standard InChI is InChI=1S/C25H28N4/c1-5-7-8-9-20(6-2)11-10-19(3)28-25-15-23-14-21(12-13-22(23)16-26-25)24-17-27-29(4)18-24/h5-9,12-18H,3,10-11H2,1-2,4H3,(H,26,28)/b7-5-,9-8-,20-6+. The van der Waals surface area contributed by atoms with Crippen LogP contribution in [0.3, 0.4) is 0 Å². The Kier molecular flexibility index (Phi) is 6.80. The predicted molar refractivity (Wildman–Crippen MR) is 124 cm³/mol. The number of allylic oxidation sites excluding steroid dienone is 7. The summed E-state index contributed by atoms with van der Waals surface area (Å²) in [6.45, 7) is 8.25. The van der Waals surface area contributed by atoms with E-state index >= 15 is 0 Å². The molecule has 0 bridgehead atoms. The molecule has 0 saturated carbocycles. The number of nitrogens with one attached hydrogen (secondary N) is 1. The lowest BCUT2D eigenvalue weighted by atomic mass is 10.0. The number of aryl methyl sites for hydroxylation is 1. The second-order valence-corrected chi connectivity index (χ2v) is 7.01. The summed E-state index contributed by atoms with van der Waals surface area (Å²) in [5, 5.41) is 9.87. The summed E-state index contributed by atoms with van der Waals surface area (Å²) in [5.74, 6) is 0.817. The van der Waals surface area contributed by atoms with Crippen LogP contribution in [-0.2, 0) is 7.05 Å². The molecule has 0 radical (unpaired) electrons. The molecule has 0 aliphatic heterocycles. The van der Waals surface area contributed by atoms with Crippen LogP contribution < -0.4 is 5.32 Å². The van der Waals surface area contributed by atoms with Crippen molar-refractivity contribution in [2.45, 2.75) is 26.7 Å². The van der Waals surface area contributed by atoms with E-state index in [0.29, 0.717) is 0 Å². The van der Waals surface area contributed by atoms with E-state index < -0.39 is 0 Å². The number of nitrogens with zero attached hydrogens (tertiary/aromatic N) is 3. The Balaban J connectivity index is 1.68. The summed E-state index contributed by atoms with van der Waals surface area (Å²) in [6.07, 6.45) is 18.0. The van der Waals surface area contributed by atoms with E-state index in [1.807, 2.05) is 49.4 Å². The first-order valence-corrected chi connectivity index (χ1v) is 9.87. The van der Waals surface area contributed by atoms with Crippen molar-refractivity contribution in [3.05, 3.63) is 91.1 Å². The van der Waals surface area contributed by atoms with Gasteiger partial charge in [0.05, 0.1) is 6.20 Å². The zero-order valence-electron chi connectivity index (χ0n) is 17.4. The van der Waals surface area contributed by atoms with E-state index in [0.717, 1.165) is 46.3 Å². The van der Waals surface area contributed by atoms with Gasteiger partial charge in [0.25, 0.3) is 0 Å². The van der Waals surface area contributed by atoms with Crippen LogP contribution in [0.4, 0.5) is 5.82 Å². The molecule has 0 fully saturated rings. The van der Waals surface area contributed by atoms with Gasteiger partial charge in [0.15, 0.2) is 0 Å². The Morgan fingerprint density at radius 2 is 1.93 bits per heavy atom. The lowest BCUT2D eigenvalue weighted by molar-refractivity contribution is 0.768. The number of aromatic nitrogens is 3. The van der Waals surface area contributed by atoms with Crippen LogP contribution in [0.15, 0.2) is 91.1 Å². The molecule has 1 N–H and O–H groups in total. The van der Waals surface area contributed by atoms with Gasteiger partial charge in [0.1, 0.15) is 5.82 Å². The number of benzene rings is 1. The highest BCUT2D eigenvalue weighted by Gasteiger charge is 2.05. The molecule has 2 heterocycles. The van der Waals surface area contributed by atoms with Crippen molar-refractivity contribution >= 4 is 16.6 Å². The molecule has 29 heavy (non-hydrogen) atoms. The van der Waals surface area contributed by atoms with Crippen molar-refractivity contribution in [1.29, 1.82) is 0 Å². The Hall–Kier alpha value is -3.40. The maximum atomic E-state index is 4.54. The first-order chi connectivity index (χ1) is 14.1. The molecular formula is C25H28N4. The Labute approximate surface area is 173 Å². The van der Waals surface area contributed by atoms with Gasteiger partial charge in [-0.3, -0.25) is 4.68 Å².